The van der Waals surface area contributed by atoms with Gasteiger partial charge in [0, 0.05) is 12.7 Å². The predicted octanol–water partition coefficient (Wildman–Crippen LogP) is 3.86. The highest BCUT2D eigenvalue weighted by molar-refractivity contribution is 5.40. The SMILES string of the molecule is COCCc1ccc(Oc2c(F)cccc2[C@H](C)O)cc1. The molecule has 0 aliphatic heterocycles. The van der Waals surface area contributed by atoms with Gasteiger partial charge in [-0.1, -0.05) is 24.3 Å². The summed E-state index contributed by atoms with van der Waals surface area (Å²) in [5.41, 5.74) is 1.55. The van der Waals surface area contributed by atoms with E-state index in [1.54, 1.807) is 38.3 Å². The van der Waals surface area contributed by atoms with E-state index in [4.69, 9.17) is 9.47 Å². The van der Waals surface area contributed by atoms with Crippen LogP contribution in [0.3, 0.4) is 0 Å². The molecule has 2 rings (SSSR count). The first-order valence-corrected chi connectivity index (χ1v) is 6.84. The first-order chi connectivity index (χ1) is 10.1. The molecule has 3 nitrogen and oxygen atoms in total. The number of benzene rings is 2. The summed E-state index contributed by atoms with van der Waals surface area (Å²) in [4.78, 5) is 0. The monoisotopic (exact) mass is 290 g/mol. The van der Waals surface area contributed by atoms with Gasteiger partial charge in [0.2, 0.25) is 0 Å². The zero-order chi connectivity index (χ0) is 15.2. The van der Waals surface area contributed by atoms with Gasteiger partial charge < -0.3 is 14.6 Å². The smallest absolute Gasteiger partial charge is 0.168 e. The Morgan fingerprint density at radius 3 is 2.48 bits per heavy atom. The zero-order valence-corrected chi connectivity index (χ0v) is 12.2. The van der Waals surface area contributed by atoms with Crippen molar-refractivity contribution in [3.05, 3.63) is 59.4 Å². The summed E-state index contributed by atoms with van der Waals surface area (Å²) in [6, 6.07) is 11.9. The van der Waals surface area contributed by atoms with Crippen molar-refractivity contribution >= 4 is 0 Å². The number of para-hydroxylation sites is 1. The Bertz CT molecular complexity index is 579. The molecule has 4 heteroatoms. The minimum atomic E-state index is -0.795. The molecule has 0 heterocycles. The van der Waals surface area contributed by atoms with Crippen molar-refractivity contribution < 1.29 is 19.0 Å². The van der Waals surface area contributed by atoms with Gasteiger partial charge in [0.25, 0.3) is 0 Å². The molecular formula is C17H19FO3. The fraction of sp³-hybridized carbons (Fsp3) is 0.294. The second-order valence-electron chi connectivity index (χ2n) is 4.82. The van der Waals surface area contributed by atoms with Crippen molar-refractivity contribution in [2.45, 2.75) is 19.4 Å². The van der Waals surface area contributed by atoms with Crippen molar-refractivity contribution in [1.82, 2.24) is 0 Å². The third kappa shape index (κ3) is 4.03. The summed E-state index contributed by atoms with van der Waals surface area (Å²) in [6.07, 6.45) is 0.0201. The van der Waals surface area contributed by atoms with E-state index < -0.39 is 11.9 Å². The van der Waals surface area contributed by atoms with Gasteiger partial charge in [-0.25, -0.2) is 4.39 Å². The lowest BCUT2D eigenvalue weighted by Crippen LogP contribution is -1.99. The molecule has 21 heavy (non-hydrogen) atoms. The summed E-state index contributed by atoms with van der Waals surface area (Å²) in [5, 5.41) is 9.69. The van der Waals surface area contributed by atoms with Gasteiger partial charge in [-0.15, -0.1) is 0 Å². The highest BCUT2D eigenvalue weighted by Crippen LogP contribution is 2.32. The largest absolute Gasteiger partial charge is 0.454 e. The lowest BCUT2D eigenvalue weighted by molar-refractivity contribution is 0.194. The van der Waals surface area contributed by atoms with Gasteiger partial charge in [-0.3, -0.25) is 0 Å². The van der Waals surface area contributed by atoms with Crippen molar-refractivity contribution in [2.24, 2.45) is 0 Å². The molecule has 0 amide bonds. The van der Waals surface area contributed by atoms with Crippen LogP contribution in [0.5, 0.6) is 11.5 Å². The average molecular weight is 290 g/mol. The Kier molecular flexibility index (Phi) is 5.31. The summed E-state index contributed by atoms with van der Waals surface area (Å²) in [6.45, 7) is 2.23. The van der Waals surface area contributed by atoms with Crippen LogP contribution in [0.2, 0.25) is 0 Å². The minimum absolute atomic E-state index is 0.0668. The Morgan fingerprint density at radius 1 is 1.14 bits per heavy atom. The molecule has 112 valence electrons. The quantitative estimate of drug-likeness (QED) is 0.878. The highest BCUT2D eigenvalue weighted by atomic mass is 19.1. The Hall–Kier alpha value is -1.91. The van der Waals surface area contributed by atoms with Crippen LogP contribution < -0.4 is 4.74 Å². The molecule has 0 radical (unpaired) electrons. The van der Waals surface area contributed by atoms with Gasteiger partial charge in [-0.05, 0) is 37.1 Å². The first kappa shape index (κ1) is 15.5. The minimum Gasteiger partial charge on any atom is -0.454 e. The molecule has 2 aromatic carbocycles. The molecule has 0 aliphatic carbocycles. The lowest BCUT2D eigenvalue weighted by Gasteiger charge is -2.14. The maximum Gasteiger partial charge on any atom is 0.168 e. The molecule has 0 spiro atoms. The van der Waals surface area contributed by atoms with Gasteiger partial charge >= 0.3 is 0 Å². The number of aliphatic hydroxyl groups is 1. The topological polar surface area (TPSA) is 38.7 Å². The van der Waals surface area contributed by atoms with Gasteiger partial charge in [0.1, 0.15) is 5.75 Å². The van der Waals surface area contributed by atoms with Crippen LogP contribution in [0.25, 0.3) is 0 Å². The van der Waals surface area contributed by atoms with Crippen LogP contribution in [0.15, 0.2) is 42.5 Å². The maximum atomic E-state index is 13.9. The van der Waals surface area contributed by atoms with Crippen LogP contribution in [-0.2, 0) is 11.2 Å². The number of halogens is 1. The van der Waals surface area contributed by atoms with E-state index in [1.165, 1.54) is 6.07 Å². The maximum absolute atomic E-state index is 13.9. The second-order valence-corrected chi connectivity index (χ2v) is 4.82. The van der Waals surface area contributed by atoms with Gasteiger partial charge in [-0.2, -0.15) is 0 Å². The molecule has 1 atom stereocenters. The molecular weight excluding hydrogens is 271 g/mol. The number of hydrogen-bond acceptors (Lipinski definition) is 3. The molecule has 2 aromatic rings. The predicted molar refractivity (Wildman–Crippen MR) is 79.1 cm³/mol. The van der Waals surface area contributed by atoms with Crippen molar-refractivity contribution in [2.75, 3.05) is 13.7 Å². The normalized spacial score (nSPS) is 12.2. The van der Waals surface area contributed by atoms with Crippen molar-refractivity contribution in [3.63, 3.8) is 0 Å². The van der Waals surface area contributed by atoms with Crippen LogP contribution in [-0.4, -0.2) is 18.8 Å². The number of rotatable bonds is 6. The van der Waals surface area contributed by atoms with E-state index >= 15 is 0 Å². The van der Waals surface area contributed by atoms with Crippen LogP contribution in [0.1, 0.15) is 24.2 Å². The van der Waals surface area contributed by atoms with E-state index in [0.29, 0.717) is 17.9 Å². The van der Waals surface area contributed by atoms with Crippen molar-refractivity contribution in [1.29, 1.82) is 0 Å². The van der Waals surface area contributed by atoms with Crippen LogP contribution in [0, 0.1) is 5.82 Å². The number of methoxy groups -OCH3 is 1. The molecule has 0 unspecified atom stereocenters. The number of hydrogen-bond donors (Lipinski definition) is 1. The molecule has 0 aromatic heterocycles. The third-order valence-corrected chi connectivity index (χ3v) is 3.19. The first-order valence-electron chi connectivity index (χ1n) is 6.84. The zero-order valence-electron chi connectivity index (χ0n) is 12.2. The summed E-state index contributed by atoms with van der Waals surface area (Å²) >= 11 is 0. The van der Waals surface area contributed by atoms with Crippen molar-refractivity contribution in [3.8, 4) is 11.5 Å². The Balaban J connectivity index is 2.18. The van der Waals surface area contributed by atoms with Gasteiger partial charge in [0.15, 0.2) is 11.6 Å². The molecule has 0 saturated carbocycles. The number of aliphatic hydroxyl groups excluding tert-OH is 1. The summed E-state index contributed by atoms with van der Waals surface area (Å²) in [5.74, 6) is 0.108. The second kappa shape index (κ2) is 7.20. The Morgan fingerprint density at radius 2 is 1.86 bits per heavy atom. The molecule has 1 N–H and O–H groups in total. The fourth-order valence-corrected chi connectivity index (χ4v) is 2.02. The van der Waals surface area contributed by atoms with E-state index in [1.807, 2.05) is 12.1 Å². The standard InChI is InChI=1S/C17H19FO3/c1-12(19)15-4-3-5-16(18)17(15)21-14-8-6-13(7-9-14)10-11-20-2/h3-9,12,19H,10-11H2,1-2H3/t12-/m0/s1. The van der Waals surface area contributed by atoms with Crippen LogP contribution >= 0.6 is 0 Å². The Labute approximate surface area is 124 Å². The molecule has 0 saturated heterocycles. The van der Waals surface area contributed by atoms with Crippen LogP contribution in [0.4, 0.5) is 4.39 Å². The van der Waals surface area contributed by atoms with E-state index in [2.05, 4.69) is 0 Å². The van der Waals surface area contributed by atoms with E-state index in [0.717, 1.165) is 12.0 Å². The fourth-order valence-electron chi connectivity index (χ4n) is 2.02. The van der Waals surface area contributed by atoms with E-state index in [-0.39, 0.29) is 5.75 Å². The molecule has 0 fully saturated rings. The summed E-state index contributed by atoms with van der Waals surface area (Å²) < 4.78 is 24.5. The average Bonchev–Trinajstić information content (AvgIpc) is 2.48. The molecule has 0 bridgehead atoms. The lowest BCUT2D eigenvalue weighted by atomic mass is 10.1. The highest BCUT2D eigenvalue weighted by Gasteiger charge is 2.14. The molecule has 0 aliphatic rings. The number of ether oxygens (including phenoxy) is 2. The van der Waals surface area contributed by atoms with E-state index in [9.17, 15) is 9.50 Å². The summed E-state index contributed by atoms with van der Waals surface area (Å²) in [7, 11) is 1.66. The van der Waals surface area contributed by atoms with Gasteiger partial charge in [0.05, 0.1) is 12.7 Å². The third-order valence-electron chi connectivity index (χ3n) is 3.19.